The highest BCUT2D eigenvalue weighted by molar-refractivity contribution is 6.05. The van der Waals surface area contributed by atoms with Crippen LogP contribution in [0.15, 0.2) is 29.4 Å². The lowest BCUT2D eigenvalue weighted by molar-refractivity contribution is -0.0175. The van der Waals surface area contributed by atoms with E-state index in [4.69, 9.17) is 10.3 Å². The molecule has 6 heteroatoms. The van der Waals surface area contributed by atoms with Crippen molar-refractivity contribution in [2.45, 2.75) is 46.1 Å². The normalized spacial score (nSPS) is 23.4. The molecule has 0 bridgehead atoms. The van der Waals surface area contributed by atoms with Crippen LogP contribution in [0.25, 0.3) is 10.4 Å². The van der Waals surface area contributed by atoms with Gasteiger partial charge < -0.3 is 4.74 Å². The molecule has 0 aliphatic heterocycles. The summed E-state index contributed by atoms with van der Waals surface area (Å²) in [5.74, 6) is -0.0438. The second-order valence-corrected chi connectivity index (χ2v) is 6.81. The van der Waals surface area contributed by atoms with Crippen molar-refractivity contribution >= 4 is 11.9 Å². The van der Waals surface area contributed by atoms with Gasteiger partial charge in [0.05, 0.1) is 5.56 Å². The number of hydrogen-bond acceptors (Lipinski definition) is 3. The smallest absolute Gasteiger partial charge is 0.339 e. The monoisotopic (exact) mass is 329 g/mol. The Morgan fingerprint density at radius 3 is 2.54 bits per heavy atom. The number of rotatable bonds is 4. The van der Waals surface area contributed by atoms with Gasteiger partial charge >= 0.3 is 5.97 Å². The van der Waals surface area contributed by atoms with Gasteiger partial charge in [0.2, 0.25) is 5.91 Å². The summed E-state index contributed by atoms with van der Waals surface area (Å²) >= 11 is 0. The van der Waals surface area contributed by atoms with E-state index >= 15 is 0 Å². The van der Waals surface area contributed by atoms with Gasteiger partial charge in [-0.25, -0.2) is 4.79 Å². The molecule has 0 saturated heterocycles. The molecule has 0 unspecified atom stereocenters. The van der Waals surface area contributed by atoms with Crippen molar-refractivity contribution in [3.63, 3.8) is 0 Å². The van der Waals surface area contributed by atoms with Gasteiger partial charge in [-0.1, -0.05) is 45.4 Å². The number of hydrogen-bond donors (Lipinski definition) is 0. The van der Waals surface area contributed by atoms with Gasteiger partial charge in [0.25, 0.3) is 0 Å². The lowest BCUT2D eigenvalue weighted by atomic mass is 9.75. The average molecular weight is 329 g/mol. The van der Waals surface area contributed by atoms with E-state index < -0.39 is 11.9 Å². The van der Waals surface area contributed by atoms with Crippen LogP contribution in [0, 0.1) is 17.8 Å². The Bertz CT molecular complexity index is 665. The van der Waals surface area contributed by atoms with E-state index in [0.717, 1.165) is 19.3 Å². The fourth-order valence-electron chi connectivity index (χ4n) is 3.39. The van der Waals surface area contributed by atoms with E-state index in [9.17, 15) is 9.59 Å². The summed E-state index contributed by atoms with van der Waals surface area (Å²) in [6, 6.07) is 6.28. The van der Waals surface area contributed by atoms with Crippen LogP contribution in [-0.4, -0.2) is 18.0 Å². The molecule has 0 aromatic heterocycles. The molecular weight excluding hydrogens is 306 g/mol. The number of carbonyl (C=O) groups excluding carboxylic acids is 2. The quantitative estimate of drug-likeness (QED) is 0.345. The van der Waals surface area contributed by atoms with E-state index in [2.05, 4.69) is 30.8 Å². The third-order valence-electron chi connectivity index (χ3n) is 4.73. The van der Waals surface area contributed by atoms with Gasteiger partial charge in [0.1, 0.15) is 6.10 Å². The Morgan fingerprint density at radius 1 is 1.25 bits per heavy atom. The first-order valence-corrected chi connectivity index (χ1v) is 8.33. The molecule has 1 amide bonds. The maximum atomic E-state index is 12.6. The molecule has 2 rings (SSSR count). The summed E-state index contributed by atoms with van der Waals surface area (Å²) in [5.41, 5.74) is 8.66. The maximum Gasteiger partial charge on any atom is 0.339 e. The first kappa shape index (κ1) is 18.0. The molecule has 0 heterocycles. The zero-order valence-electron chi connectivity index (χ0n) is 14.3. The fraction of sp³-hybridized carbons (Fsp3) is 0.556. The number of benzene rings is 1. The van der Waals surface area contributed by atoms with Crippen LogP contribution in [0.4, 0.5) is 0 Å². The SMILES string of the molecule is CC(C)[C@H]1CC[C@H](C)C[C@@H]1OC(=O)c1ccccc1C(=O)N=[N+]=[N-]. The average Bonchev–Trinajstić information content (AvgIpc) is 2.54. The minimum Gasteiger partial charge on any atom is -0.458 e. The van der Waals surface area contributed by atoms with E-state index in [1.54, 1.807) is 12.1 Å². The van der Waals surface area contributed by atoms with Crippen LogP contribution >= 0.6 is 0 Å². The molecule has 0 N–H and O–H groups in total. The standard InChI is InChI=1S/C18H23N3O3/c1-11(2)13-9-8-12(3)10-16(13)24-18(23)15-7-5-4-6-14(15)17(22)20-21-19/h4-7,11-13,16H,8-10H2,1-3H3/t12-,13+,16-/m0/s1. The van der Waals surface area contributed by atoms with Crippen molar-refractivity contribution in [3.05, 3.63) is 45.8 Å². The highest BCUT2D eigenvalue weighted by atomic mass is 16.5. The van der Waals surface area contributed by atoms with Crippen molar-refractivity contribution in [3.8, 4) is 0 Å². The Balaban J connectivity index is 2.22. The summed E-state index contributed by atoms with van der Waals surface area (Å²) in [6.07, 6.45) is 2.86. The van der Waals surface area contributed by atoms with Crippen LogP contribution in [-0.2, 0) is 4.74 Å². The summed E-state index contributed by atoms with van der Waals surface area (Å²) in [6.45, 7) is 6.44. The van der Waals surface area contributed by atoms with Crippen LogP contribution in [0.5, 0.6) is 0 Å². The second kappa shape index (κ2) is 7.97. The van der Waals surface area contributed by atoms with E-state index in [1.165, 1.54) is 12.1 Å². The predicted octanol–water partition coefficient (Wildman–Crippen LogP) is 4.75. The summed E-state index contributed by atoms with van der Waals surface area (Å²) in [5, 5.41) is 3.07. The Kier molecular flexibility index (Phi) is 5.99. The minimum absolute atomic E-state index is 0.0743. The lowest BCUT2D eigenvalue weighted by Crippen LogP contribution is -2.36. The van der Waals surface area contributed by atoms with E-state index in [0.29, 0.717) is 17.8 Å². The lowest BCUT2D eigenvalue weighted by Gasteiger charge is -2.36. The van der Waals surface area contributed by atoms with Crippen molar-refractivity contribution in [1.29, 1.82) is 0 Å². The molecule has 3 atom stereocenters. The van der Waals surface area contributed by atoms with E-state index in [-0.39, 0.29) is 17.2 Å². The van der Waals surface area contributed by atoms with Crippen LogP contribution in [0.1, 0.15) is 60.7 Å². The first-order valence-electron chi connectivity index (χ1n) is 8.33. The Labute approximate surface area is 141 Å². The summed E-state index contributed by atoms with van der Waals surface area (Å²) < 4.78 is 5.76. The molecular formula is C18H23N3O3. The second-order valence-electron chi connectivity index (χ2n) is 6.81. The molecule has 1 aromatic rings. The van der Waals surface area contributed by atoms with Crippen LogP contribution in [0.2, 0.25) is 0 Å². The summed E-state index contributed by atoms with van der Waals surface area (Å²) in [4.78, 5) is 27.0. The van der Waals surface area contributed by atoms with Crippen molar-refractivity contribution < 1.29 is 14.3 Å². The molecule has 128 valence electrons. The van der Waals surface area contributed by atoms with Crippen LogP contribution < -0.4 is 0 Å². The predicted molar refractivity (Wildman–Crippen MR) is 90.5 cm³/mol. The largest absolute Gasteiger partial charge is 0.458 e. The van der Waals surface area contributed by atoms with Crippen molar-refractivity contribution in [1.82, 2.24) is 0 Å². The molecule has 6 nitrogen and oxygen atoms in total. The van der Waals surface area contributed by atoms with Crippen molar-refractivity contribution in [2.24, 2.45) is 22.9 Å². The van der Waals surface area contributed by atoms with Gasteiger partial charge in [-0.05, 0) is 47.3 Å². The highest BCUT2D eigenvalue weighted by Crippen LogP contribution is 2.35. The number of azide groups is 1. The minimum atomic E-state index is -0.775. The van der Waals surface area contributed by atoms with Crippen LogP contribution in [0.3, 0.4) is 0 Å². The van der Waals surface area contributed by atoms with Gasteiger partial charge in [-0.3, -0.25) is 4.79 Å². The van der Waals surface area contributed by atoms with Gasteiger partial charge in [-0.2, -0.15) is 0 Å². The fourth-order valence-corrected chi connectivity index (χ4v) is 3.39. The Hall–Kier alpha value is -2.33. The van der Waals surface area contributed by atoms with E-state index in [1.807, 2.05) is 0 Å². The molecule has 1 aliphatic rings. The third kappa shape index (κ3) is 4.15. The number of carbonyl (C=O) groups is 2. The molecule has 0 spiro atoms. The number of nitrogens with zero attached hydrogens (tertiary/aromatic N) is 3. The highest BCUT2D eigenvalue weighted by Gasteiger charge is 2.34. The number of esters is 1. The maximum absolute atomic E-state index is 12.6. The summed E-state index contributed by atoms with van der Waals surface area (Å²) in [7, 11) is 0. The molecule has 0 radical (unpaired) electrons. The van der Waals surface area contributed by atoms with Gasteiger partial charge in [-0.15, -0.1) is 0 Å². The Morgan fingerprint density at radius 2 is 1.92 bits per heavy atom. The molecule has 1 fully saturated rings. The molecule has 24 heavy (non-hydrogen) atoms. The van der Waals surface area contributed by atoms with Gasteiger partial charge in [0.15, 0.2) is 0 Å². The first-order chi connectivity index (χ1) is 11.4. The zero-order chi connectivity index (χ0) is 17.7. The molecule has 1 saturated carbocycles. The molecule has 1 aromatic carbocycles. The zero-order valence-corrected chi connectivity index (χ0v) is 14.3. The number of amides is 1. The topological polar surface area (TPSA) is 92.1 Å². The van der Waals surface area contributed by atoms with Crippen molar-refractivity contribution in [2.75, 3.05) is 0 Å². The third-order valence-corrected chi connectivity index (χ3v) is 4.73. The molecule has 1 aliphatic carbocycles. The van der Waals surface area contributed by atoms with Gasteiger partial charge in [0, 0.05) is 10.5 Å². The number of ether oxygens (including phenoxy) is 1.